The Morgan fingerprint density at radius 1 is 1.00 bits per heavy atom. The van der Waals surface area contributed by atoms with Crippen molar-refractivity contribution in [3.05, 3.63) is 59.7 Å². The lowest BCUT2D eigenvalue weighted by molar-refractivity contribution is 0.0908. The molecule has 6 heteroatoms. The molecule has 0 aliphatic carbocycles. The maximum absolute atomic E-state index is 11.5. The van der Waals surface area contributed by atoms with Crippen molar-refractivity contribution in [3.8, 4) is 11.5 Å². The van der Waals surface area contributed by atoms with Gasteiger partial charge >= 0.3 is 0 Å². The van der Waals surface area contributed by atoms with Crippen molar-refractivity contribution in [2.45, 2.75) is 30.9 Å². The highest BCUT2D eigenvalue weighted by molar-refractivity contribution is 5.44. The average molecular weight is 411 g/mol. The predicted octanol–water partition coefficient (Wildman–Crippen LogP) is 2.28. The molecule has 3 atom stereocenters. The van der Waals surface area contributed by atoms with Crippen LogP contribution in [0, 0.1) is 0 Å². The fourth-order valence-electron chi connectivity index (χ4n) is 3.21. The molecule has 0 radical (unpaired) electrons. The summed E-state index contributed by atoms with van der Waals surface area (Å²) in [4.78, 5) is 0.367. The molecule has 29 heavy (non-hydrogen) atoms. The zero-order valence-electron chi connectivity index (χ0n) is 27.4. The van der Waals surface area contributed by atoms with Crippen molar-refractivity contribution in [1.82, 2.24) is 10.2 Å². The van der Waals surface area contributed by atoms with Crippen molar-refractivity contribution in [1.29, 1.82) is 0 Å². The maximum Gasteiger partial charge on any atom is 0.161 e. The first-order valence-electron chi connectivity index (χ1n) is 15.1. The van der Waals surface area contributed by atoms with Gasteiger partial charge in [-0.2, -0.15) is 0 Å². The molecule has 1 fully saturated rings. The zero-order valence-corrected chi connectivity index (χ0v) is 15.4. The molecule has 2 aromatic rings. The van der Waals surface area contributed by atoms with E-state index in [-0.39, 0.29) is 17.1 Å². The number of rotatable bonds is 8. The summed E-state index contributed by atoms with van der Waals surface area (Å²) in [6.07, 6.45) is -8.25. The van der Waals surface area contributed by atoms with Crippen LogP contribution in [0.25, 0.3) is 0 Å². The molecule has 3 N–H and O–H groups in total. The SMILES string of the molecule is [2H]C1([2H])Oc2ccc([C@@H](O)[C@@H](CN3C([2H])([2H])C([2H])([2H])C([2H])([2H])C3([2H])[2H])NC(CO)c3ccccc3)cc2OC1([2H])[2H]. The fraction of sp³-hybridized carbons (Fsp3) is 0.478. The summed E-state index contributed by atoms with van der Waals surface area (Å²) in [5.74, 6) is -0.404. The molecule has 1 unspecified atom stereocenters. The van der Waals surface area contributed by atoms with Crippen LogP contribution in [0.2, 0.25) is 0 Å². The van der Waals surface area contributed by atoms with Gasteiger partial charge in [-0.15, -0.1) is 0 Å². The van der Waals surface area contributed by atoms with E-state index >= 15 is 0 Å². The van der Waals surface area contributed by atoms with Crippen LogP contribution >= 0.6 is 0 Å². The lowest BCUT2D eigenvalue weighted by atomic mass is 9.98. The van der Waals surface area contributed by atoms with Crippen LogP contribution in [0.5, 0.6) is 11.5 Å². The largest absolute Gasteiger partial charge is 0.486 e. The van der Waals surface area contributed by atoms with Crippen molar-refractivity contribution < 1.29 is 36.1 Å². The molecule has 4 rings (SSSR count). The van der Waals surface area contributed by atoms with E-state index in [1.807, 2.05) is 0 Å². The molecule has 1 saturated heterocycles. The Bertz CT molecular complexity index is 1240. The topological polar surface area (TPSA) is 74.2 Å². The Hall–Kier alpha value is -2.12. The van der Waals surface area contributed by atoms with Crippen molar-refractivity contribution in [2.24, 2.45) is 0 Å². The van der Waals surface area contributed by atoms with Crippen LogP contribution in [-0.4, -0.2) is 60.4 Å². The zero-order chi connectivity index (χ0) is 30.8. The van der Waals surface area contributed by atoms with E-state index in [1.54, 1.807) is 30.3 Å². The number of hydrogen-bond acceptors (Lipinski definition) is 6. The molecule has 6 nitrogen and oxygen atoms in total. The fourth-order valence-corrected chi connectivity index (χ4v) is 3.21. The minimum atomic E-state index is -3.30. The normalized spacial score (nSPS) is 36.2. The van der Waals surface area contributed by atoms with Gasteiger partial charge < -0.3 is 29.9 Å². The van der Waals surface area contributed by atoms with E-state index < -0.39 is 70.2 Å². The van der Waals surface area contributed by atoms with Gasteiger partial charge in [0.15, 0.2) is 11.5 Å². The van der Waals surface area contributed by atoms with Gasteiger partial charge in [0.05, 0.1) is 30.3 Å². The average Bonchev–Trinajstić information content (AvgIpc) is 2.94. The summed E-state index contributed by atoms with van der Waals surface area (Å²) in [6, 6.07) is 9.92. The summed E-state index contributed by atoms with van der Waals surface area (Å²) in [5, 5.41) is 24.6. The van der Waals surface area contributed by atoms with Crippen molar-refractivity contribution >= 4 is 0 Å². The van der Waals surface area contributed by atoms with Crippen LogP contribution in [0.4, 0.5) is 0 Å². The molecule has 0 amide bonds. The Morgan fingerprint density at radius 2 is 1.72 bits per heavy atom. The second-order valence-corrected chi connectivity index (χ2v) is 6.56. The Kier molecular flexibility index (Phi) is 3.39. The third kappa shape index (κ3) is 4.90. The van der Waals surface area contributed by atoms with E-state index in [0.717, 1.165) is 0 Å². The van der Waals surface area contributed by atoms with Gasteiger partial charge in [0, 0.05) is 17.5 Å². The van der Waals surface area contributed by atoms with Crippen molar-refractivity contribution in [3.63, 3.8) is 0 Å². The van der Waals surface area contributed by atoms with E-state index in [2.05, 4.69) is 5.32 Å². The molecule has 0 bridgehead atoms. The third-order valence-electron chi connectivity index (χ3n) is 4.68. The first-order chi connectivity index (χ1) is 18.7. The molecule has 2 aromatic carbocycles. The van der Waals surface area contributed by atoms with Gasteiger partial charge in [-0.3, -0.25) is 0 Å². The first-order valence-corrected chi connectivity index (χ1v) is 9.11. The molecule has 0 spiro atoms. The summed E-state index contributed by atoms with van der Waals surface area (Å²) in [5.41, 5.74) is 0.585. The summed E-state index contributed by atoms with van der Waals surface area (Å²) < 4.78 is 107. The highest BCUT2D eigenvalue weighted by atomic mass is 16.6. The molecule has 156 valence electrons. The van der Waals surface area contributed by atoms with E-state index in [0.29, 0.717) is 10.5 Å². The molecule has 0 saturated carbocycles. The van der Waals surface area contributed by atoms with E-state index in [4.69, 9.17) is 25.9 Å². The predicted molar refractivity (Wildman–Crippen MR) is 111 cm³/mol. The van der Waals surface area contributed by atoms with Crippen LogP contribution in [0.3, 0.4) is 0 Å². The first kappa shape index (κ1) is 10.3. The number of nitrogens with one attached hydrogen (secondary N) is 1. The molecule has 2 aliphatic rings. The van der Waals surface area contributed by atoms with Gasteiger partial charge in [0.1, 0.15) is 13.1 Å². The molecule has 0 aromatic heterocycles. The Labute approximate surface area is 188 Å². The van der Waals surface area contributed by atoms with Gasteiger partial charge in [-0.1, -0.05) is 36.4 Å². The number of aliphatic hydroxyl groups excluding tert-OH is 2. The number of benzene rings is 2. The Balaban J connectivity index is 1.75. The molecule has 2 aliphatic heterocycles. The van der Waals surface area contributed by atoms with Crippen molar-refractivity contribution in [2.75, 3.05) is 39.3 Å². The number of fused-ring (bicyclic) bond motifs is 1. The van der Waals surface area contributed by atoms with Gasteiger partial charge in [0.25, 0.3) is 0 Å². The summed E-state index contributed by atoms with van der Waals surface area (Å²) in [6.45, 7) is -13.3. The number of nitrogens with zero attached hydrogens (tertiary/aromatic N) is 1. The minimum absolute atomic E-state index is 0.0270. The lowest BCUT2D eigenvalue weighted by Gasteiger charge is -2.32. The summed E-state index contributed by atoms with van der Waals surface area (Å²) in [7, 11) is 0. The monoisotopic (exact) mass is 410 g/mol. The van der Waals surface area contributed by atoms with Crippen LogP contribution in [0.15, 0.2) is 48.5 Å². The highest BCUT2D eigenvalue weighted by Crippen LogP contribution is 2.34. The second-order valence-electron chi connectivity index (χ2n) is 6.56. The summed E-state index contributed by atoms with van der Waals surface area (Å²) >= 11 is 0. The standard InChI is InChI=1S/C23H30N2O4/c26-16-20(17-6-2-1-3-7-17)24-19(15-25-10-4-5-11-25)23(27)18-8-9-21-22(14-18)29-13-12-28-21/h1-3,6-9,14,19-20,23-24,26-27H,4-5,10-13,15-16H2/t19-,20?,23-/m1/s1/i4D2,5D2,10D2,11D2,12D2,13D2. The Morgan fingerprint density at radius 3 is 2.45 bits per heavy atom. The number of aliphatic hydroxyl groups is 2. The van der Waals surface area contributed by atoms with Crippen LogP contribution < -0.4 is 14.8 Å². The molecular weight excluding hydrogens is 368 g/mol. The minimum Gasteiger partial charge on any atom is -0.486 e. The third-order valence-corrected chi connectivity index (χ3v) is 4.68. The van der Waals surface area contributed by atoms with Crippen LogP contribution in [-0.2, 0) is 0 Å². The smallest absolute Gasteiger partial charge is 0.161 e. The second kappa shape index (κ2) is 9.59. The van der Waals surface area contributed by atoms with Crippen LogP contribution in [0.1, 0.15) is 52.5 Å². The number of hydrogen-bond donors (Lipinski definition) is 3. The lowest BCUT2D eigenvalue weighted by Crippen LogP contribution is -2.46. The number of likely N-dealkylation sites (tertiary alicyclic amines) is 1. The number of ether oxygens (including phenoxy) is 2. The molecular formula is C23H30N2O4. The van der Waals surface area contributed by atoms with E-state index in [1.165, 1.54) is 18.2 Å². The van der Waals surface area contributed by atoms with Gasteiger partial charge in [-0.05, 0) is 49.0 Å². The van der Waals surface area contributed by atoms with Gasteiger partial charge in [-0.25, -0.2) is 0 Å². The van der Waals surface area contributed by atoms with E-state index in [9.17, 15) is 10.2 Å². The quantitative estimate of drug-likeness (QED) is 0.620. The van der Waals surface area contributed by atoms with Gasteiger partial charge in [0.2, 0.25) is 0 Å². The highest BCUT2D eigenvalue weighted by Gasteiger charge is 2.28. The molecule has 2 heterocycles. The maximum atomic E-state index is 11.5.